The Kier molecular flexibility index (Phi) is 5.79. The number of piperazine rings is 1. The highest BCUT2D eigenvalue weighted by Crippen LogP contribution is 2.25. The zero-order valence-corrected chi connectivity index (χ0v) is 15.4. The second kappa shape index (κ2) is 7.68. The molecule has 1 aliphatic carbocycles. The van der Waals surface area contributed by atoms with Crippen molar-refractivity contribution >= 4 is 16.1 Å². The molecule has 1 unspecified atom stereocenters. The minimum Gasteiger partial charge on any atom is -0.340 e. The molecule has 1 atom stereocenters. The number of nitrogens with zero attached hydrogens (tertiary/aromatic N) is 3. The molecule has 1 amide bonds. The number of carbonyl (C=O) groups excluding carboxylic acids is 1. The lowest BCUT2D eigenvalue weighted by Crippen LogP contribution is -2.56. The van der Waals surface area contributed by atoms with E-state index >= 15 is 0 Å². The highest BCUT2D eigenvalue weighted by molar-refractivity contribution is 7.86. The smallest absolute Gasteiger partial charge is 0.282 e. The van der Waals surface area contributed by atoms with Gasteiger partial charge in [0.1, 0.15) is 0 Å². The van der Waals surface area contributed by atoms with Crippen molar-refractivity contribution in [2.45, 2.75) is 44.6 Å². The standard InChI is InChI=1S/C16H30N4O3S/c1-18(15-5-3-2-4-6-15)24(22,23)20-11-9-19(10-12-20)16(21)14-7-8-17-13-14/h14-15,17H,2-13H2,1H3. The molecular formula is C16H30N4O3S. The molecule has 3 aliphatic rings. The van der Waals surface area contributed by atoms with Crippen LogP contribution in [0.2, 0.25) is 0 Å². The van der Waals surface area contributed by atoms with Gasteiger partial charge in [0.2, 0.25) is 5.91 Å². The second-order valence-electron chi connectivity index (χ2n) is 7.23. The molecular weight excluding hydrogens is 328 g/mol. The monoisotopic (exact) mass is 358 g/mol. The zero-order chi connectivity index (χ0) is 17.2. The van der Waals surface area contributed by atoms with Gasteiger partial charge in [-0.05, 0) is 25.8 Å². The van der Waals surface area contributed by atoms with Crippen molar-refractivity contribution in [2.24, 2.45) is 5.92 Å². The first kappa shape index (κ1) is 18.1. The van der Waals surface area contributed by atoms with Crippen molar-refractivity contribution in [3.05, 3.63) is 0 Å². The first-order valence-corrected chi connectivity index (χ1v) is 10.6. The summed E-state index contributed by atoms with van der Waals surface area (Å²) in [6.07, 6.45) is 6.25. The van der Waals surface area contributed by atoms with Gasteiger partial charge in [0, 0.05) is 45.8 Å². The van der Waals surface area contributed by atoms with Gasteiger partial charge in [0.25, 0.3) is 10.2 Å². The Bertz CT molecular complexity index is 534. The molecule has 0 aromatic carbocycles. The summed E-state index contributed by atoms with van der Waals surface area (Å²) in [5.41, 5.74) is 0. The molecule has 1 saturated carbocycles. The molecule has 0 aromatic rings. The highest BCUT2D eigenvalue weighted by atomic mass is 32.2. The summed E-state index contributed by atoms with van der Waals surface area (Å²) < 4.78 is 28.8. The van der Waals surface area contributed by atoms with E-state index in [1.54, 1.807) is 15.7 Å². The predicted molar refractivity (Wildman–Crippen MR) is 92.7 cm³/mol. The van der Waals surface area contributed by atoms with E-state index in [0.29, 0.717) is 26.2 Å². The van der Waals surface area contributed by atoms with Crippen LogP contribution >= 0.6 is 0 Å². The van der Waals surface area contributed by atoms with Crippen LogP contribution in [0.5, 0.6) is 0 Å². The van der Waals surface area contributed by atoms with Gasteiger partial charge in [-0.3, -0.25) is 4.79 Å². The molecule has 0 bridgehead atoms. The van der Waals surface area contributed by atoms with Crippen LogP contribution in [0.15, 0.2) is 0 Å². The molecule has 7 nitrogen and oxygen atoms in total. The fourth-order valence-corrected chi connectivity index (χ4v) is 5.65. The SMILES string of the molecule is CN(C1CCCCC1)S(=O)(=O)N1CCN(C(=O)C2CCNC2)CC1. The lowest BCUT2D eigenvalue weighted by molar-refractivity contribution is -0.136. The molecule has 2 heterocycles. The lowest BCUT2D eigenvalue weighted by atomic mass is 9.96. The number of amides is 1. The van der Waals surface area contributed by atoms with E-state index < -0.39 is 10.2 Å². The number of nitrogens with one attached hydrogen (secondary N) is 1. The number of hydrogen-bond donors (Lipinski definition) is 1. The lowest BCUT2D eigenvalue weighted by Gasteiger charge is -2.39. The molecule has 1 N–H and O–H groups in total. The van der Waals surface area contributed by atoms with E-state index in [9.17, 15) is 13.2 Å². The summed E-state index contributed by atoms with van der Waals surface area (Å²) in [6.45, 7) is 3.48. The average molecular weight is 359 g/mol. The molecule has 138 valence electrons. The first-order valence-electron chi connectivity index (χ1n) is 9.23. The Labute approximate surface area is 145 Å². The summed E-state index contributed by atoms with van der Waals surface area (Å²) in [5, 5.41) is 3.22. The van der Waals surface area contributed by atoms with Gasteiger partial charge in [-0.15, -0.1) is 0 Å². The van der Waals surface area contributed by atoms with Crippen LogP contribution in [-0.2, 0) is 15.0 Å². The van der Waals surface area contributed by atoms with Crippen molar-refractivity contribution in [3.8, 4) is 0 Å². The summed E-state index contributed by atoms with van der Waals surface area (Å²) >= 11 is 0. The van der Waals surface area contributed by atoms with Gasteiger partial charge in [0.15, 0.2) is 0 Å². The maximum Gasteiger partial charge on any atom is 0.282 e. The number of rotatable bonds is 4. The van der Waals surface area contributed by atoms with E-state index in [0.717, 1.165) is 45.2 Å². The van der Waals surface area contributed by atoms with E-state index in [2.05, 4.69) is 5.32 Å². The van der Waals surface area contributed by atoms with Crippen molar-refractivity contribution in [1.82, 2.24) is 18.8 Å². The minimum atomic E-state index is -3.41. The summed E-state index contributed by atoms with van der Waals surface area (Å²) in [7, 11) is -1.70. The average Bonchev–Trinajstić information content (AvgIpc) is 3.16. The van der Waals surface area contributed by atoms with E-state index in [4.69, 9.17) is 0 Å². The van der Waals surface area contributed by atoms with Crippen LogP contribution in [0.3, 0.4) is 0 Å². The van der Waals surface area contributed by atoms with Gasteiger partial charge in [0.05, 0.1) is 5.92 Å². The molecule has 3 fully saturated rings. The molecule has 0 spiro atoms. The van der Waals surface area contributed by atoms with Crippen LogP contribution in [0.25, 0.3) is 0 Å². The van der Waals surface area contributed by atoms with E-state index in [1.807, 2.05) is 4.90 Å². The largest absolute Gasteiger partial charge is 0.340 e. The van der Waals surface area contributed by atoms with Crippen molar-refractivity contribution in [2.75, 3.05) is 46.3 Å². The molecule has 24 heavy (non-hydrogen) atoms. The third-order valence-corrected chi connectivity index (χ3v) is 7.78. The van der Waals surface area contributed by atoms with E-state index in [-0.39, 0.29) is 17.9 Å². The fourth-order valence-electron chi connectivity index (χ4n) is 4.08. The number of carbonyl (C=O) groups is 1. The maximum absolute atomic E-state index is 12.9. The summed E-state index contributed by atoms with van der Waals surface area (Å²) in [5.74, 6) is 0.246. The number of hydrogen-bond acceptors (Lipinski definition) is 4. The zero-order valence-electron chi connectivity index (χ0n) is 14.6. The maximum atomic E-state index is 12.9. The van der Waals surface area contributed by atoms with Crippen LogP contribution < -0.4 is 5.32 Å². The van der Waals surface area contributed by atoms with Crippen molar-refractivity contribution in [1.29, 1.82) is 0 Å². The molecule has 2 saturated heterocycles. The van der Waals surface area contributed by atoms with Crippen LogP contribution in [-0.4, -0.2) is 80.2 Å². The fraction of sp³-hybridized carbons (Fsp3) is 0.938. The summed E-state index contributed by atoms with van der Waals surface area (Å²) in [6, 6.07) is 0.132. The molecule has 8 heteroatoms. The van der Waals surface area contributed by atoms with Gasteiger partial charge in [-0.25, -0.2) is 0 Å². The van der Waals surface area contributed by atoms with Crippen LogP contribution in [0.4, 0.5) is 0 Å². The van der Waals surface area contributed by atoms with Gasteiger partial charge in [-0.2, -0.15) is 17.0 Å². The van der Waals surface area contributed by atoms with Crippen molar-refractivity contribution in [3.63, 3.8) is 0 Å². The minimum absolute atomic E-state index is 0.0677. The Hall–Kier alpha value is -0.700. The second-order valence-corrected chi connectivity index (χ2v) is 9.22. The Balaban J connectivity index is 1.55. The van der Waals surface area contributed by atoms with Crippen LogP contribution in [0.1, 0.15) is 38.5 Å². The van der Waals surface area contributed by atoms with Crippen LogP contribution in [0, 0.1) is 5.92 Å². The first-order chi connectivity index (χ1) is 11.5. The molecule has 0 radical (unpaired) electrons. The van der Waals surface area contributed by atoms with Gasteiger partial charge < -0.3 is 10.2 Å². The molecule has 2 aliphatic heterocycles. The quantitative estimate of drug-likeness (QED) is 0.782. The third-order valence-electron chi connectivity index (χ3n) is 5.74. The highest BCUT2D eigenvalue weighted by Gasteiger charge is 2.36. The van der Waals surface area contributed by atoms with Gasteiger partial charge >= 0.3 is 0 Å². The Morgan fingerprint density at radius 3 is 2.29 bits per heavy atom. The topological polar surface area (TPSA) is 73.0 Å². The van der Waals surface area contributed by atoms with E-state index in [1.165, 1.54) is 6.42 Å². The van der Waals surface area contributed by atoms with Gasteiger partial charge in [-0.1, -0.05) is 19.3 Å². The Morgan fingerprint density at radius 1 is 1.04 bits per heavy atom. The third kappa shape index (κ3) is 3.76. The summed E-state index contributed by atoms with van der Waals surface area (Å²) in [4.78, 5) is 14.3. The van der Waals surface area contributed by atoms with Crippen molar-refractivity contribution < 1.29 is 13.2 Å². The molecule has 0 aromatic heterocycles. The predicted octanol–water partition coefficient (Wildman–Crippen LogP) is 0.249. The Morgan fingerprint density at radius 2 is 1.71 bits per heavy atom. The normalized spacial score (nSPS) is 27.8. The molecule has 3 rings (SSSR count).